The molecule has 8 heteroatoms. The smallest absolute Gasteiger partial charge is 0.357 e. The van der Waals surface area contributed by atoms with E-state index in [-0.39, 0.29) is 17.0 Å². The highest BCUT2D eigenvalue weighted by molar-refractivity contribution is 6.06. The summed E-state index contributed by atoms with van der Waals surface area (Å²) in [5.41, 5.74) is 1.47. The van der Waals surface area contributed by atoms with E-state index in [0.29, 0.717) is 30.2 Å². The van der Waals surface area contributed by atoms with Crippen LogP contribution in [-0.2, 0) is 14.2 Å². The van der Waals surface area contributed by atoms with Crippen molar-refractivity contribution in [3.63, 3.8) is 0 Å². The van der Waals surface area contributed by atoms with Crippen molar-refractivity contribution in [2.75, 3.05) is 34.5 Å². The normalized spacial score (nSPS) is 10.5. The van der Waals surface area contributed by atoms with Crippen molar-refractivity contribution in [2.24, 2.45) is 0 Å². The summed E-state index contributed by atoms with van der Waals surface area (Å²) in [6, 6.07) is 16.1. The highest BCUT2D eigenvalue weighted by Gasteiger charge is 2.31. The molecule has 0 aliphatic heterocycles. The highest BCUT2D eigenvalue weighted by atomic mass is 16.5. The predicted octanol–water partition coefficient (Wildman–Crippen LogP) is 3.14. The number of ether oxygens (including phenoxy) is 4. The second-order valence-electron chi connectivity index (χ2n) is 6.17. The van der Waals surface area contributed by atoms with Crippen molar-refractivity contribution in [1.82, 2.24) is 9.78 Å². The number of carbonyl (C=O) groups excluding carboxylic acids is 2. The second kappa shape index (κ2) is 9.71. The number of methoxy groups -OCH3 is 3. The van der Waals surface area contributed by atoms with Crippen LogP contribution in [0, 0.1) is 0 Å². The van der Waals surface area contributed by atoms with Gasteiger partial charge in [-0.2, -0.15) is 5.10 Å². The molecule has 0 aliphatic carbocycles. The van der Waals surface area contributed by atoms with Crippen molar-refractivity contribution in [2.45, 2.75) is 0 Å². The van der Waals surface area contributed by atoms with Gasteiger partial charge in [-0.15, -0.1) is 0 Å². The maximum absolute atomic E-state index is 12.7. The van der Waals surface area contributed by atoms with E-state index in [1.807, 2.05) is 6.07 Å². The summed E-state index contributed by atoms with van der Waals surface area (Å²) in [7, 11) is 4.08. The molecule has 0 radical (unpaired) electrons. The van der Waals surface area contributed by atoms with E-state index >= 15 is 0 Å². The average Bonchev–Trinajstić information content (AvgIpc) is 3.20. The predicted molar refractivity (Wildman–Crippen MR) is 109 cm³/mol. The van der Waals surface area contributed by atoms with Crippen LogP contribution in [0.15, 0.2) is 54.6 Å². The van der Waals surface area contributed by atoms with Gasteiger partial charge in [0, 0.05) is 12.7 Å². The van der Waals surface area contributed by atoms with Gasteiger partial charge in [0.25, 0.3) is 0 Å². The molecule has 8 nitrogen and oxygen atoms in total. The second-order valence-corrected chi connectivity index (χ2v) is 6.17. The average molecular weight is 410 g/mol. The lowest BCUT2D eigenvalue weighted by molar-refractivity contribution is 0.0549. The van der Waals surface area contributed by atoms with E-state index < -0.39 is 11.9 Å². The van der Waals surface area contributed by atoms with Gasteiger partial charge in [-0.1, -0.05) is 30.3 Å². The molecule has 0 saturated heterocycles. The molecule has 1 heterocycles. The molecule has 0 fully saturated rings. The highest BCUT2D eigenvalue weighted by Crippen LogP contribution is 2.31. The number of hydrogen-bond donors (Lipinski definition) is 0. The van der Waals surface area contributed by atoms with Crippen molar-refractivity contribution >= 4 is 11.9 Å². The molecule has 2 aromatic carbocycles. The lowest BCUT2D eigenvalue weighted by atomic mass is 10.1. The Hall–Kier alpha value is -3.65. The maximum atomic E-state index is 12.7. The van der Waals surface area contributed by atoms with Gasteiger partial charge in [0.15, 0.2) is 5.69 Å². The number of esters is 2. The first-order valence-electron chi connectivity index (χ1n) is 9.18. The fourth-order valence-electron chi connectivity index (χ4n) is 2.93. The first-order chi connectivity index (χ1) is 14.6. The van der Waals surface area contributed by atoms with Crippen LogP contribution in [0.1, 0.15) is 20.8 Å². The van der Waals surface area contributed by atoms with Crippen LogP contribution in [0.4, 0.5) is 0 Å². The third-order valence-electron chi connectivity index (χ3n) is 4.32. The summed E-state index contributed by atoms with van der Waals surface area (Å²) in [5.74, 6) is -0.821. The summed E-state index contributed by atoms with van der Waals surface area (Å²) in [5, 5.41) is 4.56. The topological polar surface area (TPSA) is 88.9 Å². The minimum atomic E-state index is -0.703. The number of benzene rings is 2. The quantitative estimate of drug-likeness (QED) is 0.416. The molecule has 156 valence electrons. The van der Waals surface area contributed by atoms with E-state index in [2.05, 4.69) is 5.10 Å². The largest absolute Gasteiger partial charge is 0.491 e. The summed E-state index contributed by atoms with van der Waals surface area (Å²) < 4.78 is 21.9. The molecule has 0 amide bonds. The van der Waals surface area contributed by atoms with Crippen molar-refractivity contribution in [1.29, 1.82) is 0 Å². The monoisotopic (exact) mass is 410 g/mol. The molecule has 0 bridgehead atoms. The molecule has 0 N–H and O–H groups in total. The minimum Gasteiger partial charge on any atom is -0.491 e. The first kappa shape index (κ1) is 21.1. The Morgan fingerprint density at radius 3 is 2.30 bits per heavy atom. The zero-order chi connectivity index (χ0) is 21.5. The van der Waals surface area contributed by atoms with Gasteiger partial charge in [0.2, 0.25) is 0 Å². The van der Waals surface area contributed by atoms with E-state index in [0.717, 1.165) is 0 Å². The molecule has 3 aromatic rings. The number of para-hydroxylation sites is 1. The minimum absolute atomic E-state index is 0.0160. The van der Waals surface area contributed by atoms with Crippen LogP contribution in [0.25, 0.3) is 16.9 Å². The van der Waals surface area contributed by atoms with Gasteiger partial charge in [0.1, 0.15) is 23.6 Å². The molecular formula is C22H22N2O6. The third kappa shape index (κ3) is 4.33. The Bertz CT molecular complexity index is 1030. The standard InChI is InChI=1S/C22H22N2O6/c1-27-12-13-30-17-11-7-8-15(14-17)19-18(21(25)28-2)20(22(26)29-3)24(23-19)16-9-5-4-6-10-16/h4-11,14H,12-13H2,1-3H3. The Kier molecular flexibility index (Phi) is 6.82. The summed E-state index contributed by atoms with van der Waals surface area (Å²) in [6.45, 7) is 0.808. The lowest BCUT2D eigenvalue weighted by Gasteiger charge is -2.08. The number of nitrogens with zero attached hydrogens (tertiary/aromatic N) is 2. The maximum Gasteiger partial charge on any atom is 0.357 e. The Morgan fingerprint density at radius 1 is 0.900 bits per heavy atom. The van der Waals surface area contributed by atoms with Crippen molar-refractivity contribution < 1.29 is 28.5 Å². The van der Waals surface area contributed by atoms with Crippen molar-refractivity contribution in [3.05, 3.63) is 65.9 Å². The fourth-order valence-corrected chi connectivity index (χ4v) is 2.93. The van der Waals surface area contributed by atoms with Crippen LogP contribution >= 0.6 is 0 Å². The van der Waals surface area contributed by atoms with Gasteiger partial charge in [-0.25, -0.2) is 14.3 Å². The lowest BCUT2D eigenvalue weighted by Crippen LogP contribution is -2.15. The van der Waals surface area contributed by atoms with Crippen LogP contribution in [0.3, 0.4) is 0 Å². The molecule has 3 rings (SSSR count). The first-order valence-corrected chi connectivity index (χ1v) is 9.18. The van der Waals surface area contributed by atoms with Gasteiger partial charge < -0.3 is 18.9 Å². The van der Waals surface area contributed by atoms with Gasteiger partial charge in [0.05, 0.1) is 26.5 Å². The molecule has 30 heavy (non-hydrogen) atoms. The molecule has 0 saturated carbocycles. The number of carbonyl (C=O) groups is 2. The molecule has 0 aliphatic rings. The van der Waals surface area contributed by atoms with Crippen LogP contribution < -0.4 is 4.74 Å². The van der Waals surface area contributed by atoms with E-state index in [1.54, 1.807) is 55.6 Å². The Morgan fingerprint density at radius 2 is 1.63 bits per heavy atom. The fraction of sp³-hybridized carbons (Fsp3) is 0.227. The number of rotatable bonds is 8. The van der Waals surface area contributed by atoms with Crippen LogP contribution in [-0.4, -0.2) is 56.3 Å². The third-order valence-corrected chi connectivity index (χ3v) is 4.32. The molecular weight excluding hydrogens is 388 g/mol. The Balaban J connectivity index is 2.19. The molecule has 1 aromatic heterocycles. The molecule has 0 atom stereocenters. The van der Waals surface area contributed by atoms with Gasteiger partial charge in [-0.3, -0.25) is 0 Å². The summed E-state index contributed by atoms with van der Waals surface area (Å²) in [6.07, 6.45) is 0. The summed E-state index contributed by atoms with van der Waals surface area (Å²) >= 11 is 0. The van der Waals surface area contributed by atoms with E-state index in [1.165, 1.54) is 18.9 Å². The van der Waals surface area contributed by atoms with Gasteiger partial charge in [-0.05, 0) is 24.3 Å². The van der Waals surface area contributed by atoms with E-state index in [9.17, 15) is 9.59 Å². The number of hydrogen-bond acceptors (Lipinski definition) is 7. The van der Waals surface area contributed by atoms with Crippen LogP contribution in [0.2, 0.25) is 0 Å². The zero-order valence-corrected chi connectivity index (χ0v) is 17.0. The van der Waals surface area contributed by atoms with Gasteiger partial charge >= 0.3 is 11.9 Å². The molecule has 0 spiro atoms. The zero-order valence-electron chi connectivity index (χ0n) is 17.0. The van der Waals surface area contributed by atoms with Crippen LogP contribution in [0.5, 0.6) is 5.75 Å². The SMILES string of the molecule is COCCOc1cccc(-c2nn(-c3ccccc3)c(C(=O)OC)c2C(=O)OC)c1. The molecule has 0 unspecified atom stereocenters. The summed E-state index contributed by atoms with van der Waals surface area (Å²) in [4.78, 5) is 25.3. The number of aromatic nitrogens is 2. The Labute approximate surface area is 173 Å². The van der Waals surface area contributed by atoms with E-state index in [4.69, 9.17) is 18.9 Å². The van der Waals surface area contributed by atoms with Crippen molar-refractivity contribution in [3.8, 4) is 22.7 Å².